The van der Waals surface area contributed by atoms with Gasteiger partial charge in [-0.1, -0.05) is 11.6 Å². The number of nitrogens with zero attached hydrogens (tertiary/aromatic N) is 1. The standard InChI is InChI=1S/C14H20BrClN2O4S/c1-10(18-3-5-22-6-4-18)9-17-23(19,20)13-8-11(16)7-12(15)14(13)21-2/h7-8,10,17H,3-6,9H2,1-2H3/t10-/m0/s1. The molecule has 0 bridgehead atoms. The Morgan fingerprint density at radius 2 is 2.09 bits per heavy atom. The van der Waals surface area contributed by atoms with Gasteiger partial charge in [-0.05, 0) is 35.0 Å². The Balaban J connectivity index is 2.12. The maximum atomic E-state index is 12.6. The van der Waals surface area contributed by atoms with Crippen LogP contribution in [0.4, 0.5) is 0 Å². The fourth-order valence-corrected chi connectivity index (χ4v) is 4.89. The summed E-state index contributed by atoms with van der Waals surface area (Å²) in [6.45, 7) is 5.23. The van der Waals surface area contributed by atoms with Crippen LogP contribution < -0.4 is 9.46 Å². The molecule has 1 atom stereocenters. The van der Waals surface area contributed by atoms with Crippen LogP contribution in [-0.4, -0.2) is 59.3 Å². The maximum absolute atomic E-state index is 12.6. The third kappa shape index (κ3) is 4.80. The van der Waals surface area contributed by atoms with Crippen LogP contribution in [0.2, 0.25) is 5.02 Å². The summed E-state index contributed by atoms with van der Waals surface area (Å²) in [6, 6.07) is 3.05. The van der Waals surface area contributed by atoms with E-state index in [0.29, 0.717) is 29.3 Å². The largest absolute Gasteiger partial charge is 0.494 e. The second-order valence-corrected chi connectivity index (χ2v) is 8.29. The van der Waals surface area contributed by atoms with Crippen LogP contribution in [0.15, 0.2) is 21.5 Å². The van der Waals surface area contributed by atoms with Gasteiger partial charge in [-0.3, -0.25) is 4.90 Å². The third-order valence-corrected chi connectivity index (χ3v) is 5.94. The molecule has 1 saturated heterocycles. The Labute approximate surface area is 150 Å². The number of morpholine rings is 1. The molecule has 130 valence electrons. The topological polar surface area (TPSA) is 67.9 Å². The summed E-state index contributed by atoms with van der Waals surface area (Å²) in [5, 5.41) is 0.319. The van der Waals surface area contributed by atoms with Crippen LogP contribution in [0.1, 0.15) is 6.92 Å². The number of hydrogen-bond donors (Lipinski definition) is 1. The van der Waals surface area contributed by atoms with Crippen molar-refractivity contribution in [3.63, 3.8) is 0 Å². The number of nitrogens with one attached hydrogen (secondary N) is 1. The van der Waals surface area contributed by atoms with E-state index in [9.17, 15) is 8.42 Å². The lowest BCUT2D eigenvalue weighted by Gasteiger charge is -2.32. The zero-order valence-corrected chi connectivity index (χ0v) is 16.2. The fourth-order valence-electron chi connectivity index (χ4n) is 2.39. The average molecular weight is 428 g/mol. The van der Waals surface area contributed by atoms with E-state index in [4.69, 9.17) is 21.1 Å². The molecule has 0 saturated carbocycles. The van der Waals surface area contributed by atoms with Gasteiger partial charge in [0.15, 0.2) is 5.75 Å². The maximum Gasteiger partial charge on any atom is 0.244 e. The molecule has 0 spiro atoms. The van der Waals surface area contributed by atoms with Gasteiger partial charge in [-0.25, -0.2) is 13.1 Å². The molecule has 1 aromatic carbocycles. The highest BCUT2D eigenvalue weighted by Gasteiger charge is 2.24. The van der Waals surface area contributed by atoms with Gasteiger partial charge in [0, 0.05) is 30.7 Å². The molecule has 1 aliphatic rings. The monoisotopic (exact) mass is 426 g/mol. The molecular formula is C14H20BrClN2O4S. The highest BCUT2D eigenvalue weighted by molar-refractivity contribution is 9.10. The van der Waals surface area contributed by atoms with Crippen molar-refractivity contribution in [3.8, 4) is 5.75 Å². The summed E-state index contributed by atoms with van der Waals surface area (Å²) in [7, 11) is -2.31. The summed E-state index contributed by atoms with van der Waals surface area (Å²) < 4.78 is 38.8. The molecule has 6 nitrogen and oxygen atoms in total. The first kappa shape index (κ1) is 19.0. The van der Waals surface area contributed by atoms with E-state index >= 15 is 0 Å². The van der Waals surface area contributed by atoms with Crippen molar-refractivity contribution in [1.82, 2.24) is 9.62 Å². The first-order valence-corrected chi connectivity index (χ1v) is 9.85. The van der Waals surface area contributed by atoms with Crippen molar-refractivity contribution < 1.29 is 17.9 Å². The minimum atomic E-state index is -3.73. The Morgan fingerprint density at radius 3 is 2.70 bits per heavy atom. The van der Waals surface area contributed by atoms with Crippen LogP contribution in [-0.2, 0) is 14.8 Å². The summed E-state index contributed by atoms with van der Waals surface area (Å²) in [5.41, 5.74) is 0. The molecule has 2 rings (SSSR count). The van der Waals surface area contributed by atoms with Gasteiger partial charge >= 0.3 is 0 Å². The minimum absolute atomic E-state index is 0.0218. The van der Waals surface area contributed by atoms with Gasteiger partial charge in [-0.15, -0.1) is 0 Å². The molecule has 1 aliphatic heterocycles. The molecule has 23 heavy (non-hydrogen) atoms. The molecule has 0 radical (unpaired) electrons. The van der Waals surface area contributed by atoms with Gasteiger partial charge in [0.2, 0.25) is 10.0 Å². The Kier molecular flexibility index (Phi) is 6.70. The van der Waals surface area contributed by atoms with E-state index in [2.05, 4.69) is 25.6 Å². The van der Waals surface area contributed by atoms with Gasteiger partial charge in [0.25, 0.3) is 0 Å². The van der Waals surface area contributed by atoms with Gasteiger partial charge < -0.3 is 9.47 Å². The Bertz CT molecular complexity index is 650. The third-order valence-electron chi connectivity index (χ3n) is 3.71. The van der Waals surface area contributed by atoms with Gasteiger partial charge in [-0.2, -0.15) is 0 Å². The van der Waals surface area contributed by atoms with E-state index in [-0.39, 0.29) is 16.7 Å². The molecule has 0 aromatic heterocycles. The summed E-state index contributed by atoms with van der Waals surface area (Å²) in [4.78, 5) is 2.21. The Hall–Kier alpha value is -0.380. The molecule has 9 heteroatoms. The number of benzene rings is 1. The second kappa shape index (κ2) is 8.13. The van der Waals surface area contributed by atoms with E-state index in [1.165, 1.54) is 13.2 Å². The van der Waals surface area contributed by atoms with Crippen LogP contribution in [0, 0.1) is 0 Å². The van der Waals surface area contributed by atoms with Crippen LogP contribution in [0.3, 0.4) is 0 Å². The predicted octanol–water partition coefficient (Wildman–Crippen LogP) is 2.11. The average Bonchev–Trinajstić information content (AvgIpc) is 2.53. The second-order valence-electron chi connectivity index (χ2n) is 5.27. The molecule has 0 amide bonds. The number of hydrogen-bond acceptors (Lipinski definition) is 5. The molecular weight excluding hydrogens is 408 g/mol. The lowest BCUT2D eigenvalue weighted by Crippen LogP contribution is -2.47. The minimum Gasteiger partial charge on any atom is -0.494 e. The summed E-state index contributed by atoms with van der Waals surface area (Å²) in [5.74, 6) is 0.237. The van der Waals surface area contributed by atoms with E-state index in [1.807, 2.05) is 6.92 Å². The van der Waals surface area contributed by atoms with Gasteiger partial charge in [0.1, 0.15) is 4.90 Å². The van der Waals surface area contributed by atoms with Crippen LogP contribution in [0.25, 0.3) is 0 Å². The van der Waals surface area contributed by atoms with Crippen molar-refractivity contribution in [2.45, 2.75) is 17.9 Å². The zero-order chi connectivity index (χ0) is 17.0. The SMILES string of the molecule is COc1c(Br)cc(Cl)cc1S(=O)(=O)NC[C@H](C)N1CCOCC1. The van der Waals surface area contributed by atoms with Crippen molar-refractivity contribution in [2.24, 2.45) is 0 Å². The van der Waals surface area contributed by atoms with Crippen molar-refractivity contribution >= 4 is 37.6 Å². The van der Waals surface area contributed by atoms with Gasteiger partial charge in [0.05, 0.1) is 24.8 Å². The lowest BCUT2D eigenvalue weighted by atomic mass is 10.2. The number of rotatable bonds is 6. The molecule has 0 aliphatic carbocycles. The first-order valence-electron chi connectivity index (χ1n) is 7.19. The normalized spacial score (nSPS) is 17.9. The van der Waals surface area contributed by atoms with Crippen molar-refractivity contribution in [2.75, 3.05) is 40.0 Å². The lowest BCUT2D eigenvalue weighted by molar-refractivity contribution is 0.0213. The molecule has 0 unspecified atom stereocenters. The number of sulfonamides is 1. The summed E-state index contributed by atoms with van der Waals surface area (Å²) in [6.07, 6.45) is 0. The number of methoxy groups -OCH3 is 1. The predicted molar refractivity (Wildman–Crippen MR) is 92.7 cm³/mol. The quantitative estimate of drug-likeness (QED) is 0.753. The number of halogens is 2. The van der Waals surface area contributed by atoms with E-state index in [0.717, 1.165) is 13.1 Å². The highest BCUT2D eigenvalue weighted by Crippen LogP contribution is 2.35. The Morgan fingerprint density at radius 1 is 1.43 bits per heavy atom. The smallest absolute Gasteiger partial charge is 0.244 e. The molecule has 1 N–H and O–H groups in total. The summed E-state index contributed by atoms with van der Waals surface area (Å²) >= 11 is 9.24. The zero-order valence-electron chi connectivity index (χ0n) is 13.0. The molecule has 1 heterocycles. The van der Waals surface area contributed by atoms with Crippen molar-refractivity contribution in [1.29, 1.82) is 0 Å². The highest BCUT2D eigenvalue weighted by atomic mass is 79.9. The molecule has 1 aromatic rings. The first-order chi connectivity index (χ1) is 10.8. The van der Waals surface area contributed by atoms with E-state index < -0.39 is 10.0 Å². The molecule has 1 fully saturated rings. The van der Waals surface area contributed by atoms with Crippen LogP contribution >= 0.6 is 27.5 Å². The van der Waals surface area contributed by atoms with E-state index in [1.54, 1.807) is 6.07 Å². The number of ether oxygens (including phenoxy) is 2. The van der Waals surface area contributed by atoms with Crippen LogP contribution in [0.5, 0.6) is 5.75 Å². The van der Waals surface area contributed by atoms with Crippen molar-refractivity contribution in [3.05, 3.63) is 21.6 Å². The fraction of sp³-hybridized carbons (Fsp3) is 0.571.